The molecule has 116 valence electrons. The largest absolute Gasteiger partial charge is 0.357 e. The molecule has 1 aliphatic heterocycles. The number of carbonyl (C=O) groups is 1. The Kier molecular flexibility index (Phi) is 5.14. The molecule has 6 heteroatoms. The monoisotopic (exact) mass is 293 g/mol. The van der Waals surface area contributed by atoms with E-state index in [1.54, 1.807) is 13.2 Å². The topological polar surface area (TPSA) is 63.7 Å². The first-order valence-corrected chi connectivity index (χ1v) is 7.22. The number of piperidine rings is 1. The lowest BCUT2D eigenvalue weighted by Crippen LogP contribution is -2.46. The molecule has 2 rings (SSSR count). The lowest BCUT2D eigenvalue weighted by Gasteiger charge is -2.30. The van der Waals surface area contributed by atoms with Gasteiger partial charge in [-0.1, -0.05) is 0 Å². The fourth-order valence-corrected chi connectivity index (χ4v) is 2.69. The molecule has 1 N–H and O–H groups in total. The van der Waals surface area contributed by atoms with Gasteiger partial charge in [-0.25, -0.2) is 4.98 Å². The molecule has 0 aromatic carbocycles. The quantitative estimate of drug-likeness (QED) is 0.828. The van der Waals surface area contributed by atoms with Crippen LogP contribution in [-0.4, -0.2) is 45.2 Å². The highest BCUT2D eigenvalue weighted by Gasteiger charge is 2.41. The molecule has 21 heavy (non-hydrogen) atoms. The van der Waals surface area contributed by atoms with Gasteiger partial charge in [-0.2, -0.15) is 0 Å². The van der Waals surface area contributed by atoms with Crippen LogP contribution in [0.5, 0.6) is 0 Å². The van der Waals surface area contributed by atoms with Gasteiger partial charge < -0.3 is 19.7 Å². The van der Waals surface area contributed by atoms with Gasteiger partial charge in [-0.3, -0.25) is 4.79 Å². The van der Waals surface area contributed by atoms with E-state index in [1.807, 2.05) is 12.1 Å². The molecule has 0 atom stereocenters. The van der Waals surface area contributed by atoms with Crippen LogP contribution in [0.25, 0.3) is 0 Å². The van der Waals surface area contributed by atoms with Gasteiger partial charge in [0, 0.05) is 46.1 Å². The Bertz CT molecular complexity index is 466. The minimum Gasteiger partial charge on any atom is -0.357 e. The maximum absolute atomic E-state index is 12.1. The van der Waals surface area contributed by atoms with Gasteiger partial charge in [0.25, 0.3) is 11.7 Å². The molecular weight excluding hydrogens is 270 g/mol. The second-order valence-corrected chi connectivity index (χ2v) is 5.06. The number of aromatic nitrogens is 1. The Morgan fingerprint density at radius 3 is 2.38 bits per heavy atom. The maximum Gasteiger partial charge on any atom is 0.285 e. The number of amides is 1. The molecule has 1 amide bonds. The number of pyridine rings is 1. The van der Waals surface area contributed by atoms with Crippen LogP contribution >= 0.6 is 0 Å². The molecule has 0 bridgehead atoms. The Morgan fingerprint density at radius 2 is 1.90 bits per heavy atom. The SMILES string of the molecule is CNC(=O)C(OC)(OC)c1ccc(N2CCCCC2)nc1. The summed E-state index contributed by atoms with van der Waals surface area (Å²) in [6, 6.07) is 3.75. The van der Waals surface area contributed by atoms with Crippen molar-refractivity contribution in [1.82, 2.24) is 10.3 Å². The summed E-state index contributed by atoms with van der Waals surface area (Å²) in [6.45, 7) is 2.06. The highest BCUT2D eigenvalue weighted by Crippen LogP contribution is 2.27. The van der Waals surface area contributed by atoms with E-state index in [2.05, 4.69) is 15.2 Å². The van der Waals surface area contributed by atoms with Gasteiger partial charge in [0.15, 0.2) is 0 Å². The van der Waals surface area contributed by atoms with E-state index in [4.69, 9.17) is 9.47 Å². The van der Waals surface area contributed by atoms with Crippen LogP contribution in [0.4, 0.5) is 5.82 Å². The van der Waals surface area contributed by atoms with Crippen molar-refractivity contribution in [3.05, 3.63) is 23.9 Å². The second kappa shape index (κ2) is 6.87. The zero-order valence-corrected chi connectivity index (χ0v) is 12.9. The number of nitrogens with zero attached hydrogens (tertiary/aromatic N) is 2. The van der Waals surface area contributed by atoms with Crippen LogP contribution < -0.4 is 10.2 Å². The molecule has 1 saturated heterocycles. The third-order valence-electron chi connectivity index (χ3n) is 3.91. The highest BCUT2D eigenvalue weighted by atomic mass is 16.7. The van der Waals surface area contributed by atoms with Crippen LogP contribution in [0.1, 0.15) is 24.8 Å². The van der Waals surface area contributed by atoms with E-state index in [9.17, 15) is 4.79 Å². The first-order chi connectivity index (χ1) is 10.2. The summed E-state index contributed by atoms with van der Waals surface area (Å²) in [5.74, 6) is -0.890. The molecule has 1 fully saturated rings. The molecule has 0 unspecified atom stereocenters. The van der Waals surface area contributed by atoms with Crippen LogP contribution in [0.15, 0.2) is 18.3 Å². The summed E-state index contributed by atoms with van der Waals surface area (Å²) < 4.78 is 10.6. The lowest BCUT2D eigenvalue weighted by atomic mass is 10.1. The van der Waals surface area contributed by atoms with Crippen LogP contribution in [0.3, 0.4) is 0 Å². The molecule has 0 spiro atoms. The Hall–Kier alpha value is -1.66. The number of ether oxygens (including phenoxy) is 2. The molecule has 0 saturated carbocycles. The van der Waals surface area contributed by atoms with Gasteiger partial charge in [0.2, 0.25) is 0 Å². The molecule has 0 aliphatic carbocycles. The van der Waals surface area contributed by atoms with Gasteiger partial charge in [0.05, 0.1) is 0 Å². The number of hydrogen-bond acceptors (Lipinski definition) is 5. The van der Waals surface area contributed by atoms with Crippen molar-refractivity contribution in [2.75, 3.05) is 39.3 Å². The van der Waals surface area contributed by atoms with E-state index in [-0.39, 0.29) is 5.91 Å². The molecular formula is C15H23N3O3. The molecule has 6 nitrogen and oxygen atoms in total. The fourth-order valence-electron chi connectivity index (χ4n) is 2.69. The average Bonchev–Trinajstić information content (AvgIpc) is 2.57. The van der Waals surface area contributed by atoms with Gasteiger partial charge >= 0.3 is 0 Å². The molecule has 1 aliphatic rings. The number of rotatable bonds is 5. The maximum atomic E-state index is 12.1. The average molecular weight is 293 g/mol. The summed E-state index contributed by atoms with van der Waals surface area (Å²) in [5, 5.41) is 2.56. The smallest absolute Gasteiger partial charge is 0.285 e. The number of anilines is 1. The summed E-state index contributed by atoms with van der Waals surface area (Å²) in [7, 11) is 4.43. The minimum absolute atomic E-state index is 0.361. The van der Waals surface area contributed by atoms with Crippen molar-refractivity contribution in [3.63, 3.8) is 0 Å². The lowest BCUT2D eigenvalue weighted by molar-refractivity contribution is -0.215. The number of carbonyl (C=O) groups excluding carboxylic acids is 1. The normalized spacial score (nSPS) is 15.9. The van der Waals surface area contributed by atoms with E-state index in [1.165, 1.54) is 33.5 Å². The number of hydrogen-bond donors (Lipinski definition) is 1. The third-order valence-corrected chi connectivity index (χ3v) is 3.91. The number of likely N-dealkylation sites (N-methyl/N-ethyl adjacent to an activating group) is 1. The first-order valence-electron chi connectivity index (χ1n) is 7.22. The van der Waals surface area contributed by atoms with Crippen molar-refractivity contribution in [2.24, 2.45) is 0 Å². The van der Waals surface area contributed by atoms with Gasteiger partial charge in [-0.15, -0.1) is 0 Å². The van der Waals surface area contributed by atoms with Gasteiger partial charge in [-0.05, 0) is 31.4 Å². The first kappa shape index (κ1) is 15.7. The van der Waals surface area contributed by atoms with E-state index < -0.39 is 5.79 Å². The molecule has 2 heterocycles. The standard InChI is InChI=1S/C15H23N3O3/c1-16-14(19)15(20-2,21-3)12-7-8-13(17-11-12)18-9-5-4-6-10-18/h7-8,11H,4-6,9-10H2,1-3H3,(H,16,19). The summed E-state index contributed by atoms with van der Waals surface area (Å²) in [5.41, 5.74) is 0.576. The summed E-state index contributed by atoms with van der Waals surface area (Å²) in [4.78, 5) is 18.8. The Balaban J connectivity index is 2.25. The predicted octanol–water partition coefficient (Wildman–Crippen LogP) is 1.26. The Morgan fingerprint density at radius 1 is 1.24 bits per heavy atom. The van der Waals surface area contributed by atoms with E-state index >= 15 is 0 Å². The summed E-state index contributed by atoms with van der Waals surface area (Å²) >= 11 is 0. The Labute approximate surface area is 125 Å². The van der Waals surface area contributed by atoms with Gasteiger partial charge in [0.1, 0.15) is 5.82 Å². The van der Waals surface area contributed by atoms with Crippen LogP contribution in [0, 0.1) is 0 Å². The van der Waals surface area contributed by atoms with Crippen LogP contribution in [-0.2, 0) is 20.1 Å². The van der Waals surface area contributed by atoms with Crippen molar-refractivity contribution in [2.45, 2.75) is 25.0 Å². The third kappa shape index (κ3) is 3.01. The van der Waals surface area contributed by atoms with E-state index in [0.717, 1.165) is 18.9 Å². The molecule has 0 radical (unpaired) electrons. The summed E-state index contributed by atoms with van der Waals surface area (Å²) in [6.07, 6.45) is 5.32. The van der Waals surface area contributed by atoms with Crippen molar-refractivity contribution in [1.29, 1.82) is 0 Å². The second-order valence-electron chi connectivity index (χ2n) is 5.06. The zero-order valence-electron chi connectivity index (χ0n) is 12.9. The zero-order chi connectivity index (χ0) is 15.3. The molecule has 1 aromatic rings. The van der Waals surface area contributed by atoms with Crippen molar-refractivity contribution < 1.29 is 14.3 Å². The van der Waals surface area contributed by atoms with E-state index in [0.29, 0.717) is 5.56 Å². The number of methoxy groups -OCH3 is 2. The van der Waals surface area contributed by atoms with Crippen molar-refractivity contribution in [3.8, 4) is 0 Å². The fraction of sp³-hybridized carbons (Fsp3) is 0.600. The minimum atomic E-state index is -1.46. The highest BCUT2D eigenvalue weighted by molar-refractivity contribution is 5.84. The molecule has 1 aromatic heterocycles. The van der Waals surface area contributed by atoms with Crippen LogP contribution in [0.2, 0.25) is 0 Å². The number of nitrogens with one attached hydrogen (secondary N) is 1. The predicted molar refractivity (Wildman–Crippen MR) is 80.1 cm³/mol. The van der Waals surface area contributed by atoms with Crippen molar-refractivity contribution >= 4 is 11.7 Å².